The molecule has 28 heavy (non-hydrogen) atoms. The molecule has 1 aromatic carbocycles. The molecule has 4 rings (SSSR count). The minimum Gasteiger partial charge on any atom is -0.344 e. The SMILES string of the molecule is Cc1ccc(C2C3=C(CC(C)(C)CC3=O)Nc3c2c(=O)n(C)c(=O)n3C)cc1. The molecule has 6 nitrogen and oxygen atoms in total. The van der Waals surface area contributed by atoms with Gasteiger partial charge >= 0.3 is 5.69 Å². The number of aromatic nitrogens is 2. The lowest BCUT2D eigenvalue weighted by molar-refractivity contribution is -0.118. The van der Waals surface area contributed by atoms with Crippen LogP contribution in [-0.4, -0.2) is 14.9 Å². The average molecular weight is 379 g/mol. The summed E-state index contributed by atoms with van der Waals surface area (Å²) in [4.78, 5) is 38.8. The van der Waals surface area contributed by atoms with Gasteiger partial charge in [0, 0.05) is 37.7 Å². The number of carbonyl (C=O) groups excluding carboxylic acids is 1. The Hall–Kier alpha value is -2.89. The number of Topliss-reactive ketones (excluding diaryl/α,β-unsaturated/α-hetero) is 1. The number of fused-ring (bicyclic) bond motifs is 1. The highest BCUT2D eigenvalue weighted by molar-refractivity contribution is 6.01. The van der Waals surface area contributed by atoms with Crippen molar-refractivity contribution in [1.82, 2.24) is 9.13 Å². The zero-order valence-corrected chi connectivity index (χ0v) is 16.9. The van der Waals surface area contributed by atoms with Crippen LogP contribution in [0.2, 0.25) is 0 Å². The maximum atomic E-state index is 13.2. The van der Waals surface area contributed by atoms with Crippen molar-refractivity contribution in [3.63, 3.8) is 0 Å². The molecule has 0 amide bonds. The highest BCUT2D eigenvalue weighted by atomic mass is 16.2. The fourth-order valence-electron chi connectivity index (χ4n) is 4.44. The van der Waals surface area contributed by atoms with Gasteiger partial charge in [-0.1, -0.05) is 43.7 Å². The molecule has 1 aromatic heterocycles. The van der Waals surface area contributed by atoms with Crippen molar-refractivity contribution in [3.05, 3.63) is 73.1 Å². The third-order valence-corrected chi connectivity index (χ3v) is 5.88. The van der Waals surface area contributed by atoms with Gasteiger partial charge < -0.3 is 5.32 Å². The normalized spacial score (nSPS) is 20.5. The molecule has 0 saturated carbocycles. The van der Waals surface area contributed by atoms with Gasteiger partial charge in [0.05, 0.1) is 5.56 Å². The first-order valence-corrected chi connectivity index (χ1v) is 9.50. The monoisotopic (exact) mass is 379 g/mol. The zero-order chi connectivity index (χ0) is 20.4. The summed E-state index contributed by atoms with van der Waals surface area (Å²) in [6, 6.07) is 7.91. The first-order chi connectivity index (χ1) is 13.1. The lowest BCUT2D eigenvalue weighted by atomic mass is 9.69. The van der Waals surface area contributed by atoms with Crippen molar-refractivity contribution >= 4 is 11.6 Å². The van der Waals surface area contributed by atoms with E-state index in [9.17, 15) is 14.4 Å². The number of anilines is 1. The summed E-state index contributed by atoms with van der Waals surface area (Å²) < 4.78 is 2.58. The summed E-state index contributed by atoms with van der Waals surface area (Å²) in [5.74, 6) is 0.0785. The highest BCUT2D eigenvalue weighted by Crippen LogP contribution is 2.47. The predicted octanol–water partition coefficient (Wildman–Crippen LogP) is 2.59. The van der Waals surface area contributed by atoms with Gasteiger partial charge in [-0.2, -0.15) is 0 Å². The van der Waals surface area contributed by atoms with Gasteiger partial charge in [0.25, 0.3) is 5.56 Å². The minimum absolute atomic E-state index is 0.0610. The van der Waals surface area contributed by atoms with Crippen molar-refractivity contribution < 1.29 is 4.79 Å². The maximum Gasteiger partial charge on any atom is 0.332 e. The van der Waals surface area contributed by atoms with E-state index in [4.69, 9.17) is 0 Å². The first-order valence-electron chi connectivity index (χ1n) is 9.50. The molecule has 0 saturated heterocycles. The van der Waals surface area contributed by atoms with Gasteiger partial charge in [-0.05, 0) is 24.3 Å². The molecule has 2 heterocycles. The van der Waals surface area contributed by atoms with E-state index in [-0.39, 0.29) is 22.4 Å². The van der Waals surface area contributed by atoms with Crippen molar-refractivity contribution in [2.45, 2.75) is 39.5 Å². The number of hydrogen-bond donors (Lipinski definition) is 1. The van der Waals surface area contributed by atoms with Crippen LogP contribution >= 0.6 is 0 Å². The van der Waals surface area contributed by atoms with Crippen LogP contribution in [-0.2, 0) is 18.9 Å². The summed E-state index contributed by atoms with van der Waals surface area (Å²) in [7, 11) is 3.13. The highest BCUT2D eigenvalue weighted by Gasteiger charge is 2.42. The van der Waals surface area contributed by atoms with Crippen molar-refractivity contribution in [2.75, 3.05) is 5.32 Å². The molecule has 146 valence electrons. The Morgan fingerprint density at radius 2 is 1.64 bits per heavy atom. The summed E-state index contributed by atoms with van der Waals surface area (Å²) in [5.41, 5.74) is 3.02. The van der Waals surface area contributed by atoms with Gasteiger partial charge in [-0.15, -0.1) is 0 Å². The molecule has 0 bridgehead atoms. The number of nitrogens with zero attached hydrogens (tertiary/aromatic N) is 2. The van der Waals surface area contributed by atoms with Crippen LogP contribution < -0.4 is 16.6 Å². The number of hydrogen-bond acceptors (Lipinski definition) is 4. The van der Waals surface area contributed by atoms with E-state index in [0.29, 0.717) is 29.8 Å². The molecule has 0 radical (unpaired) electrons. The molecule has 1 atom stereocenters. The number of carbonyl (C=O) groups is 1. The van der Waals surface area contributed by atoms with Crippen LogP contribution in [0.15, 0.2) is 45.1 Å². The molecule has 1 N–H and O–H groups in total. The maximum absolute atomic E-state index is 13.2. The number of aryl methyl sites for hydroxylation is 1. The Balaban J connectivity index is 2.07. The average Bonchev–Trinajstić information content (AvgIpc) is 2.63. The largest absolute Gasteiger partial charge is 0.344 e. The molecule has 0 spiro atoms. The Morgan fingerprint density at radius 3 is 2.29 bits per heavy atom. The van der Waals surface area contributed by atoms with E-state index in [1.165, 1.54) is 11.6 Å². The topological polar surface area (TPSA) is 73.1 Å². The fourth-order valence-corrected chi connectivity index (χ4v) is 4.44. The number of ketones is 1. The summed E-state index contributed by atoms with van der Waals surface area (Å²) in [6.45, 7) is 6.13. The van der Waals surface area contributed by atoms with Gasteiger partial charge in [0.2, 0.25) is 0 Å². The molecule has 2 aliphatic rings. The van der Waals surface area contributed by atoms with E-state index in [1.807, 2.05) is 31.2 Å². The second-order valence-corrected chi connectivity index (χ2v) is 8.77. The van der Waals surface area contributed by atoms with Crippen molar-refractivity contribution in [2.24, 2.45) is 19.5 Å². The molecular formula is C22H25N3O3. The predicted molar refractivity (Wildman–Crippen MR) is 109 cm³/mol. The molecule has 2 aromatic rings. The van der Waals surface area contributed by atoms with E-state index in [1.54, 1.807) is 7.05 Å². The van der Waals surface area contributed by atoms with Crippen LogP contribution in [0.3, 0.4) is 0 Å². The van der Waals surface area contributed by atoms with E-state index < -0.39 is 5.92 Å². The number of rotatable bonds is 1. The van der Waals surface area contributed by atoms with Crippen LogP contribution in [0.4, 0.5) is 5.82 Å². The minimum atomic E-state index is -0.471. The standard InChI is InChI=1S/C22H25N3O3/c1-12-6-8-13(9-7-12)16-17-14(10-22(2,3)11-15(17)26)23-19-18(16)20(27)25(5)21(28)24(19)4/h6-9,16,23H,10-11H2,1-5H3. The van der Waals surface area contributed by atoms with Crippen LogP contribution in [0, 0.1) is 12.3 Å². The Morgan fingerprint density at radius 1 is 1.00 bits per heavy atom. The Labute approximate surface area is 163 Å². The second kappa shape index (κ2) is 6.06. The van der Waals surface area contributed by atoms with Crippen LogP contribution in [0.25, 0.3) is 0 Å². The van der Waals surface area contributed by atoms with Gasteiger partial charge in [-0.3, -0.25) is 18.7 Å². The van der Waals surface area contributed by atoms with Crippen LogP contribution in [0.5, 0.6) is 0 Å². The molecule has 0 fully saturated rings. The quantitative estimate of drug-likeness (QED) is 0.827. The fraction of sp³-hybridized carbons (Fsp3) is 0.409. The van der Waals surface area contributed by atoms with E-state index in [2.05, 4.69) is 19.2 Å². The summed E-state index contributed by atoms with van der Waals surface area (Å²) in [6.07, 6.45) is 1.14. The smallest absolute Gasteiger partial charge is 0.332 e. The molecule has 1 aliphatic carbocycles. The Bertz CT molecular complexity index is 1150. The van der Waals surface area contributed by atoms with Gasteiger partial charge in [-0.25, -0.2) is 4.79 Å². The number of nitrogens with one attached hydrogen (secondary N) is 1. The third-order valence-electron chi connectivity index (χ3n) is 5.88. The first kappa shape index (κ1) is 18.5. The number of benzene rings is 1. The van der Waals surface area contributed by atoms with Gasteiger partial charge in [0.15, 0.2) is 5.78 Å². The van der Waals surface area contributed by atoms with Gasteiger partial charge in [0.1, 0.15) is 5.82 Å². The lowest BCUT2D eigenvalue weighted by Crippen LogP contribution is -2.45. The van der Waals surface area contributed by atoms with E-state index in [0.717, 1.165) is 21.4 Å². The van der Waals surface area contributed by atoms with Crippen LogP contribution in [0.1, 0.15) is 49.3 Å². The third kappa shape index (κ3) is 2.66. The Kier molecular flexibility index (Phi) is 4.00. The number of allylic oxidation sites excluding steroid dienone is 2. The van der Waals surface area contributed by atoms with Crippen molar-refractivity contribution in [3.8, 4) is 0 Å². The molecule has 1 aliphatic heterocycles. The summed E-state index contributed by atoms with van der Waals surface area (Å²) >= 11 is 0. The second-order valence-electron chi connectivity index (χ2n) is 8.77. The summed E-state index contributed by atoms with van der Waals surface area (Å²) in [5, 5.41) is 3.28. The zero-order valence-electron chi connectivity index (χ0n) is 16.9. The lowest BCUT2D eigenvalue weighted by Gasteiger charge is -2.39. The van der Waals surface area contributed by atoms with E-state index >= 15 is 0 Å². The molecule has 1 unspecified atom stereocenters. The molecular weight excluding hydrogens is 354 g/mol. The van der Waals surface area contributed by atoms with Crippen molar-refractivity contribution in [1.29, 1.82) is 0 Å². The molecule has 6 heteroatoms.